The Morgan fingerprint density at radius 1 is 1.50 bits per heavy atom. The van der Waals surface area contributed by atoms with Gasteiger partial charge in [-0.15, -0.1) is 0 Å². The van der Waals surface area contributed by atoms with Crippen molar-refractivity contribution in [2.75, 3.05) is 26.7 Å². The normalized spacial score (nSPS) is 21.9. The fourth-order valence-corrected chi connectivity index (χ4v) is 1.61. The van der Waals surface area contributed by atoms with E-state index in [1.54, 1.807) is 13.3 Å². The Morgan fingerprint density at radius 3 is 3.14 bits per heavy atom. The van der Waals surface area contributed by atoms with Gasteiger partial charge < -0.3 is 15.4 Å². The Balaban J connectivity index is 2.13. The van der Waals surface area contributed by atoms with Gasteiger partial charge >= 0.3 is 0 Å². The lowest BCUT2D eigenvalue weighted by atomic mass is 10.1. The van der Waals surface area contributed by atoms with Crippen LogP contribution in [-0.4, -0.2) is 31.7 Å². The molecule has 1 saturated heterocycles. The van der Waals surface area contributed by atoms with Gasteiger partial charge in [-0.1, -0.05) is 0 Å². The van der Waals surface area contributed by atoms with E-state index in [9.17, 15) is 0 Å². The standard InChI is InChI=1S/C10H15N3O/c1-14-8-2-3-12-9(6-8)10-7-11-4-5-13-10/h2-3,6,10-11,13H,4-5,7H2,1H3. The van der Waals surface area contributed by atoms with Crippen molar-refractivity contribution in [2.45, 2.75) is 6.04 Å². The third-order valence-corrected chi connectivity index (χ3v) is 2.39. The average molecular weight is 193 g/mol. The molecule has 2 N–H and O–H groups in total. The lowest BCUT2D eigenvalue weighted by Gasteiger charge is -2.24. The molecule has 2 heterocycles. The van der Waals surface area contributed by atoms with Crippen LogP contribution in [0.25, 0.3) is 0 Å². The maximum absolute atomic E-state index is 5.16. The van der Waals surface area contributed by atoms with Crippen molar-refractivity contribution in [1.82, 2.24) is 15.6 Å². The van der Waals surface area contributed by atoms with Gasteiger partial charge in [0, 0.05) is 31.9 Å². The Labute approximate surface area is 83.7 Å². The summed E-state index contributed by atoms with van der Waals surface area (Å²) >= 11 is 0. The maximum Gasteiger partial charge on any atom is 0.122 e. The molecule has 1 unspecified atom stereocenters. The van der Waals surface area contributed by atoms with Gasteiger partial charge in [-0.25, -0.2) is 0 Å². The van der Waals surface area contributed by atoms with E-state index in [1.807, 2.05) is 12.1 Å². The molecule has 1 aliphatic heterocycles. The molecule has 4 heteroatoms. The number of nitrogens with zero attached hydrogens (tertiary/aromatic N) is 1. The van der Waals surface area contributed by atoms with Gasteiger partial charge in [-0.05, 0) is 6.07 Å². The molecule has 1 aliphatic rings. The summed E-state index contributed by atoms with van der Waals surface area (Å²) in [5.74, 6) is 0.863. The van der Waals surface area contributed by atoms with Crippen LogP contribution in [0, 0.1) is 0 Å². The number of hydrogen-bond acceptors (Lipinski definition) is 4. The molecule has 0 aromatic carbocycles. The van der Waals surface area contributed by atoms with Crippen LogP contribution in [0.2, 0.25) is 0 Å². The topological polar surface area (TPSA) is 46.2 Å². The van der Waals surface area contributed by atoms with Crippen molar-refractivity contribution in [3.63, 3.8) is 0 Å². The van der Waals surface area contributed by atoms with E-state index in [0.29, 0.717) is 6.04 Å². The summed E-state index contributed by atoms with van der Waals surface area (Å²) in [5.41, 5.74) is 1.04. The molecule has 76 valence electrons. The molecule has 0 aliphatic carbocycles. The largest absolute Gasteiger partial charge is 0.497 e. The van der Waals surface area contributed by atoms with Crippen molar-refractivity contribution >= 4 is 0 Å². The predicted octanol–water partition coefficient (Wildman–Crippen LogP) is 0.324. The average Bonchev–Trinajstić information content (AvgIpc) is 2.30. The number of hydrogen-bond donors (Lipinski definition) is 2. The molecule has 1 aromatic rings. The monoisotopic (exact) mass is 193 g/mol. The smallest absolute Gasteiger partial charge is 0.122 e. The maximum atomic E-state index is 5.16. The van der Waals surface area contributed by atoms with E-state index < -0.39 is 0 Å². The minimum Gasteiger partial charge on any atom is -0.497 e. The lowest BCUT2D eigenvalue weighted by Crippen LogP contribution is -2.42. The molecule has 0 saturated carbocycles. The molecule has 0 spiro atoms. The van der Waals surface area contributed by atoms with Crippen molar-refractivity contribution < 1.29 is 4.74 Å². The second kappa shape index (κ2) is 4.39. The fraction of sp³-hybridized carbons (Fsp3) is 0.500. The first kappa shape index (κ1) is 9.43. The van der Waals surface area contributed by atoms with E-state index in [2.05, 4.69) is 15.6 Å². The molecular weight excluding hydrogens is 178 g/mol. The Kier molecular flexibility index (Phi) is 2.96. The van der Waals surface area contributed by atoms with Crippen molar-refractivity contribution in [3.8, 4) is 5.75 Å². The van der Waals surface area contributed by atoms with Crippen LogP contribution in [-0.2, 0) is 0 Å². The lowest BCUT2D eigenvalue weighted by molar-refractivity contribution is 0.403. The van der Waals surface area contributed by atoms with Crippen LogP contribution >= 0.6 is 0 Å². The number of rotatable bonds is 2. The second-order valence-electron chi connectivity index (χ2n) is 3.33. The van der Waals surface area contributed by atoms with Crippen LogP contribution < -0.4 is 15.4 Å². The van der Waals surface area contributed by atoms with Crippen LogP contribution in [0.4, 0.5) is 0 Å². The molecule has 0 bridgehead atoms. The van der Waals surface area contributed by atoms with Gasteiger partial charge in [-0.2, -0.15) is 0 Å². The number of ether oxygens (including phenoxy) is 1. The van der Waals surface area contributed by atoms with Gasteiger partial charge in [0.25, 0.3) is 0 Å². The molecule has 2 rings (SSSR count). The summed E-state index contributed by atoms with van der Waals surface area (Å²) in [6.45, 7) is 2.95. The van der Waals surface area contributed by atoms with Gasteiger partial charge in [-0.3, -0.25) is 4.98 Å². The minimum absolute atomic E-state index is 0.304. The third kappa shape index (κ3) is 2.02. The molecule has 1 fully saturated rings. The number of aromatic nitrogens is 1. The molecule has 0 radical (unpaired) electrons. The van der Waals surface area contributed by atoms with Crippen LogP contribution in [0.1, 0.15) is 11.7 Å². The molecule has 14 heavy (non-hydrogen) atoms. The minimum atomic E-state index is 0.304. The van der Waals surface area contributed by atoms with Gasteiger partial charge in [0.2, 0.25) is 0 Å². The van der Waals surface area contributed by atoms with E-state index in [0.717, 1.165) is 31.1 Å². The van der Waals surface area contributed by atoms with Gasteiger partial charge in [0.1, 0.15) is 5.75 Å². The zero-order valence-electron chi connectivity index (χ0n) is 8.29. The summed E-state index contributed by atoms with van der Waals surface area (Å²) < 4.78 is 5.16. The number of nitrogens with one attached hydrogen (secondary N) is 2. The zero-order chi connectivity index (χ0) is 9.80. The summed E-state index contributed by atoms with van der Waals surface area (Å²) in [6, 6.07) is 4.14. The summed E-state index contributed by atoms with van der Waals surface area (Å²) in [4.78, 5) is 4.33. The first-order valence-corrected chi connectivity index (χ1v) is 4.84. The molecule has 0 amide bonds. The molecule has 1 atom stereocenters. The zero-order valence-corrected chi connectivity index (χ0v) is 8.29. The highest BCUT2D eigenvalue weighted by molar-refractivity contribution is 5.24. The number of pyridine rings is 1. The second-order valence-corrected chi connectivity index (χ2v) is 3.33. The first-order chi connectivity index (χ1) is 6.90. The molecular formula is C10H15N3O. The quantitative estimate of drug-likeness (QED) is 0.710. The van der Waals surface area contributed by atoms with E-state index in [-0.39, 0.29) is 0 Å². The summed E-state index contributed by atoms with van der Waals surface area (Å²) in [5, 5.41) is 6.73. The van der Waals surface area contributed by atoms with Crippen LogP contribution in [0.5, 0.6) is 5.75 Å². The van der Waals surface area contributed by atoms with Crippen LogP contribution in [0.15, 0.2) is 18.3 Å². The van der Waals surface area contributed by atoms with Crippen molar-refractivity contribution in [3.05, 3.63) is 24.0 Å². The number of methoxy groups -OCH3 is 1. The fourth-order valence-electron chi connectivity index (χ4n) is 1.61. The van der Waals surface area contributed by atoms with Crippen molar-refractivity contribution in [1.29, 1.82) is 0 Å². The Bertz CT molecular complexity index is 297. The predicted molar refractivity (Wildman–Crippen MR) is 54.4 cm³/mol. The van der Waals surface area contributed by atoms with Gasteiger partial charge in [0.15, 0.2) is 0 Å². The van der Waals surface area contributed by atoms with Gasteiger partial charge in [0.05, 0.1) is 18.8 Å². The Hall–Kier alpha value is -1.13. The first-order valence-electron chi connectivity index (χ1n) is 4.84. The number of piperazine rings is 1. The summed E-state index contributed by atoms with van der Waals surface area (Å²) in [7, 11) is 1.67. The SMILES string of the molecule is COc1ccnc(C2CNCCN2)c1. The Morgan fingerprint density at radius 2 is 2.43 bits per heavy atom. The highest BCUT2D eigenvalue weighted by atomic mass is 16.5. The highest BCUT2D eigenvalue weighted by Gasteiger charge is 2.15. The highest BCUT2D eigenvalue weighted by Crippen LogP contribution is 2.16. The van der Waals surface area contributed by atoms with E-state index in [4.69, 9.17) is 4.74 Å². The van der Waals surface area contributed by atoms with E-state index in [1.165, 1.54) is 0 Å². The van der Waals surface area contributed by atoms with Crippen molar-refractivity contribution in [2.24, 2.45) is 0 Å². The van der Waals surface area contributed by atoms with E-state index >= 15 is 0 Å². The molecule has 4 nitrogen and oxygen atoms in total. The summed E-state index contributed by atoms with van der Waals surface area (Å²) in [6.07, 6.45) is 1.78. The van der Waals surface area contributed by atoms with Crippen LogP contribution in [0.3, 0.4) is 0 Å². The molecule has 1 aromatic heterocycles. The third-order valence-electron chi connectivity index (χ3n) is 2.39.